The fourth-order valence-corrected chi connectivity index (χ4v) is 2.80. The van der Waals surface area contributed by atoms with Gasteiger partial charge in [0.1, 0.15) is 5.82 Å². The van der Waals surface area contributed by atoms with Crippen LogP contribution in [0.25, 0.3) is 0 Å². The summed E-state index contributed by atoms with van der Waals surface area (Å²) in [6, 6.07) is 12.4. The second-order valence-corrected chi connectivity index (χ2v) is 7.12. The van der Waals surface area contributed by atoms with Gasteiger partial charge < -0.3 is 21.3 Å². The molecule has 0 bridgehead atoms. The van der Waals surface area contributed by atoms with E-state index in [0.717, 1.165) is 28.8 Å². The van der Waals surface area contributed by atoms with E-state index >= 15 is 0 Å². The van der Waals surface area contributed by atoms with E-state index < -0.39 is 0 Å². The SMILES string of the molecule is CN=C(NCCc1ccc(F)cc1C)NCc1ccc(NC(=O)NC(C)C)cc1.I. The minimum Gasteiger partial charge on any atom is -0.356 e. The summed E-state index contributed by atoms with van der Waals surface area (Å²) in [5.74, 6) is 0.488. The van der Waals surface area contributed by atoms with E-state index in [1.807, 2.05) is 51.1 Å². The number of nitrogens with zero attached hydrogens (tertiary/aromatic N) is 1. The van der Waals surface area contributed by atoms with Crippen LogP contribution in [-0.2, 0) is 13.0 Å². The fraction of sp³-hybridized carbons (Fsp3) is 0.364. The molecule has 2 aromatic carbocycles. The van der Waals surface area contributed by atoms with Crippen molar-refractivity contribution in [3.8, 4) is 0 Å². The molecule has 0 saturated heterocycles. The zero-order valence-corrected chi connectivity index (χ0v) is 20.2. The number of anilines is 1. The number of urea groups is 1. The maximum atomic E-state index is 13.2. The highest BCUT2D eigenvalue weighted by Crippen LogP contribution is 2.11. The number of nitrogens with one attached hydrogen (secondary N) is 4. The first-order valence-corrected chi connectivity index (χ1v) is 9.73. The highest BCUT2D eigenvalue weighted by Gasteiger charge is 2.04. The Labute approximate surface area is 195 Å². The Morgan fingerprint density at radius 3 is 2.40 bits per heavy atom. The highest BCUT2D eigenvalue weighted by molar-refractivity contribution is 14.0. The summed E-state index contributed by atoms with van der Waals surface area (Å²) in [5, 5.41) is 12.1. The Morgan fingerprint density at radius 2 is 1.80 bits per heavy atom. The number of hydrogen-bond donors (Lipinski definition) is 4. The predicted molar refractivity (Wildman–Crippen MR) is 132 cm³/mol. The van der Waals surface area contributed by atoms with Crippen LogP contribution in [0.15, 0.2) is 47.5 Å². The summed E-state index contributed by atoms with van der Waals surface area (Å²) >= 11 is 0. The Balaban J connectivity index is 0.00000450. The van der Waals surface area contributed by atoms with Gasteiger partial charge in [-0.2, -0.15) is 0 Å². The lowest BCUT2D eigenvalue weighted by molar-refractivity contribution is 0.250. The zero-order valence-electron chi connectivity index (χ0n) is 17.9. The summed E-state index contributed by atoms with van der Waals surface area (Å²) in [4.78, 5) is 15.9. The summed E-state index contributed by atoms with van der Waals surface area (Å²) in [7, 11) is 1.72. The lowest BCUT2D eigenvalue weighted by Crippen LogP contribution is -2.37. The van der Waals surface area contributed by atoms with Crippen molar-refractivity contribution in [1.82, 2.24) is 16.0 Å². The standard InChI is InChI=1S/C22H30FN5O.HI/c1-15(2)27-22(29)28-20-9-5-17(6-10-20)14-26-21(24-4)25-12-11-18-7-8-19(23)13-16(18)3;/h5-10,13,15H,11-12,14H2,1-4H3,(H2,24,25,26)(H2,27,28,29);1H. The van der Waals surface area contributed by atoms with Gasteiger partial charge in [0.2, 0.25) is 0 Å². The molecule has 2 rings (SSSR count). The van der Waals surface area contributed by atoms with Crippen molar-refractivity contribution in [3.63, 3.8) is 0 Å². The molecule has 8 heteroatoms. The number of rotatable bonds is 7. The topological polar surface area (TPSA) is 77.6 Å². The molecular formula is C22H31FIN5O. The van der Waals surface area contributed by atoms with Crippen molar-refractivity contribution >= 4 is 41.7 Å². The van der Waals surface area contributed by atoms with E-state index in [0.29, 0.717) is 19.0 Å². The third-order valence-corrected chi connectivity index (χ3v) is 4.31. The number of aryl methyl sites for hydroxylation is 1. The van der Waals surface area contributed by atoms with Crippen LogP contribution in [0.5, 0.6) is 0 Å². The molecule has 4 N–H and O–H groups in total. The van der Waals surface area contributed by atoms with Crippen molar-refractivity contribution in [2.24, 2.45) is 4.99 Å². The number of benzene rings is 2. The van der Waals surface area contributed by atoms with Crippen molar-refractivity contribution in [2.45, 2.75) is 39.8 Å². The highest BCUT2D eigenvalue weighted by atomic mass is 127. The maximum Gasteiger partial charge on any atom is 0.319 e. The van der Waals surface area contributed by atoms with Crippen LogP contribution in [0.3, 0.4) is 0 Å². The molecule has 30 heavy (non-hydrogen) atoms. The maximum absolute atomic E-state index is 13.2. The van der Waals surface area contributed by atoms with Crippen LogP contribution in [-0.4, -0.2) is 31.6 Å². The normalized spacial score (nSPS) is 10.9. The zero-order chi connectivity index (χ0) is 21.2. The molecule has 0 heterocycles. The molecule has 2 aromatic rings. The van der Waals surface area contributed by atoms with Crippen LogP contribution in [0, 0.1) is 12.7 Å². The lowest BCUT2D eigenvalue weighted by Gasteiger charge is -2.13. The van der Waals surface area contributed by atoms with Gasteiger partial charge in [0.15, 0.2) is 5.96 Å². The van der Waals surface area contributed by atoms with E-state index in [4.69, 9.17) is 0 Å². The summed E-state index contributed by atoms with van der Waals surface area (Å²) < 4.78 is 13.2. The van der Waals surface area contributed by atoms with Crippen molar-refractivity contribution in [3.05, 3.63) is 65.0 Å². The van der Waals surface area contributed by atoms with Gasteiger partial charge in [-0.15, -0.1) is 24.0 Å². The molecule has 0 unspecified atom stereocenters. The number of hydrogen-bond acceptors (Lipinski definition) is 2. The van der Waals surface area contributed by atoms with Gasteiger partial charge in [-0.3, -0.25) is 4.99 Å². The monoisotopic (exact) mass is 527 g/mol. The number of guanidine groups is 1. The van der Waals surface area contributed by atoms with Crippen LogP contribution in [0.2, 0.25) is 0 Å². The smallest absolute Gasteiger partial charge is 0.319 e. The predicted octanol–water partition coefficient (Wildman–Crippen LogP) is 4.19. The Kier molecular flexibility index (Phi) is 11.2. The molecule has 2 amide bonds. The molecule has 0 radical (unpaired) electrons. The Morgan fingerprint density at radius 1 is 1.10 bits per heavy atom. The molecule has 6 nitrogen and oxygen atoms in total. The van der Waals surface area contributed by atoms with Crippen LogP contribution >= 0.6 is 24.0 Å². The third kappa shape index (κ3) is 8.98. The molecule has 0 fully saturated rings. The van der Waals surface area contributed by atoms with Crippen molar-refractivity contribution < 1.29 is 9.18 Å². The van der Waals surface area contributed by atoms with Crippen LogP contribution in [0.1, 0.15) is 30.5 Å². The number of halogens is 2. The quantitative estimate of drug-likeness (QED) is 0.248. The van der Waals surface area contributed by atoms with E-state index in [9.17, 15) is 9.18 Å². The van der Waals surface area contributed by atoms with Gasteiger partial charge in [-0.05, 0) is 68.1 Å². The number of amides is 2. The first-order valence-electron chi connectivity index (χ1n) is 9.73. The molecule has 0 aliphatic rings. The summed E-state index contributed by atoms with van der Waals surface area (Å²) in [5.41, 5.74) is 3.87. The second kappa shape index (κ2) is 13.0. The fourth-order valence-electron chi connectivity index (χ4n) is 2.80. The van der Waals surface area contributed by atoms with E-state index in [1.165, 1.54) is 6.07 Å². The number of carbonyl (C=O) groups excluding carboxylic acids is 1. The van der Waals surface area contributed by atoms with Crippen molar-refractivity contribution in [2.75, 3.05) is 18.9 Å². The van der Waals surface area contributed by atoms with Crippen molar-refractivity contribution in [1.29, 1.82) is 0 Å². The Bertz CT molecular complexity index is 840. The van der Waals surface area contributed by atoms with Gasteiger partial charge in [0, 0.05) is 31.9 Å². The van der Waals surface area contributed by atoms with Gasteiger partial charge in [0.05, 0.1) is 0 Å². The molecule has 0 spiro atoms. The van der Waals surface area contributed by atoms with E-state index in [-0.39, 0.29) is 41.9 Å². The minimum absolute atomic E-state index is 0. The summed E-state index contributed by atoms with van der Waals surface area (Å²) in [6.45, 7) is 7.04. The van der Waals surface area contributed by atoms with Crippen LogP contribution < -0.4 is 21.3 Å². The molecule has 164 valence electrons. The van der Waals surface area contributed by atoms with Gasteiger partial charge in [-0.25, -0.2) is 9.18 Å². The van der Waals surface area contributed by atoms with Gasteiger partial charge >= 0.3 is 6.03 Å². The van der Waals surface area contributed by atoms with E-state index in [2.05, 4.69) is 26.3 Å². The lowest BCUT2D eigenvalue weighted by atomic mass is 10.1. The largest absolute Gasteiger partial charge is 0.356 e. The first kappa shape index (κ1) is 25.7. The molecule has 0 aromatic heterocycles. The number of carbonyl (C=O) groups is 1. The Hall–Kier alpha value is -2.36. The second-order valence-electron chi connectivity index (χ2n) is 7.12. The van der Waals surface area contributed by atoms with E-state index in [1.54, 1.807) is 13.1 Å². The molecule has 0 atom stereocenters. The molecule has 0 aliphatic heterocycles. The number of aliphatic imine (C=N–C) groups is 1. The van der Waals surface area contributed by atoms with Gasteiger partial charge in [-0.1, -0.05) is 18.2 Å². The van der Waals surface area contributed by atoms with Gasteiger partial charge in [0.25, 0.3) is 0 Å². The summed E-state index contributed by atoms with van der Waals surface area (Å²) in [6.07, 6.45) is 0.783. The molecule has 0 aliphatic carbocycles. The third-order valence-electron chi connectivity index (χ3n) is 4.31. The van der Waals surface area contributed by atoms with Crippen LogP contribution in [0.4, 0.5) is 14.9 Å². The average molecular weight is 527 g/mol. The molecular weight excluding hydrogens is 496 g/mol. The average Bonchev–Trinajstić information content (AvgIpc) is 2.66. The minimum atomic E-state index is -0.216. The molecule has 0 saturated carbocycles. The first-order chi connectivity index (χ1) is 13.9.